The summed E-state index contributed by atoms with van der Waals surface area (Å²) in [5.41, 5.74) is 9.85. The van der Waals surface area contributed by atoms with E-state index in [1.165, 1.54) is 10.9 Å². The Balaban J connectivity index is 1.70. The van der Waals surface area contributed by atoms with Gasteiger partial charge in [0.2, 0.25) is 0 Å². The molecule has 3 aromatic rings. The van der Waals surface area contributed by atoms with Crippen molar-refractivity contribution in [2.45, 2.75) is 13.3 Å². The third kappa shape index (κ3) is 2.94. The lowest BCUT2D eigenvalue weighted by Crippen LogP contribution is -2.07. The van der Waals surface area contributed by atoms with E-state index in [0.717, 1.165) is 35.6 Å². The first kappa shape index (κ1) is 13.4. The highest BCUT2D eigenvalue weighted by Gasteiger charge is 2.02. The van der Waals surface area contributed by atoms with E-state index in [4.69, 9.17) is 5.73 Å². The molecule has 106 valence electrons. The molecular weight excluding hydrogens is 260 g/mol. The Labute approximate surface area is 124 Å². The van der Waals surface area contributed by atoms with Crippen LogP contribution in [0.25, 0.3) is 10.9 Å². The minimum atomic E-state index is 0.721. The Morgan fingerprint density at radius 1 is 1.14 bits per heavy atom. The van der Waals surface area contributed by atoms with E-state index >= 15 is 0 Å². The van der Waals surface area contributed by atoms with Crippen molar-refractivity contribution < 1.29 is 0 Å². The first-order chi connectivity index (χ1) is 10.2. The van der Waals surface area contributed by atoms with Crippen LogP contribution >= 0.6 is 0 Å². The number of rotatable bonds is 4. The number of nitrogens with two attached hydrogens (primary N) is 1. The molecule has 3 N–H and O–H groups in total. The Bertz CT molecular complexity index is 762. The van der Waals surface area contributed by atoms with Gasteiger partial charge in [-0.3, -0.25) is 4.98 Å². The summed E-state index contributed by atoms with van der Waals surface area (Å²) in [5.74, 6) is 0.856. The molecule has 0 amide bonds. The molecule has 0 aliphatic heterocycles. The van der Waals surface area contributed by atoms with Gasteiger partial charge in [0.25, 0.3) is 0 Å². The summed E-state index contributed by atoms with van der Waals surface area (Å²) in [6, 6.07) is 12.3. The second-order valence-corrected chi connectivity index (χ2v) is 5.10. The summed E-state index contributed by atoms with van der Waals surface area (Å²) in [5, 5.41) is 4.51. The third-order valence-corrected chi connectivity index (χ3v) is 3.57. The standard InChI is InChI=1S/C17H18N4/c1-12-10-16(21-11-15(12)18)19-9-7-14-5-2-4-13-6-3-8-20-17(13)14/h2-6,8,10-11H,7,9,18H2,1H3,(H,19,21). The van der Waals surface area contributed by atoms with Crippen molar-refractivity contribution in [2.75, 3.05) is 17.6 Å². The minimum Gasteiger partial charge on any atom is -0.397 e. The van der Waals surface area contributed by atoms with Crippen molar-refractivity contribution in [1.29, 1.82) is 0 Å². The average molecular weight is 278 g/mol. The van der Waals surface area contributed by atoms with Crippen molar-refractivity contribution in [3.63, 3.8) is 0 Å². The van der Waals surface area contributed by atoms with Gasteiger partial charge in [-0.2, -0.15) is 0 Å². The van der Waals surface area contributed by atoms with Crippen molar-refractivity contribution in [3.05, 3.63) is 59.9 Å². The van der Waals surface area contributed by atoms with Crippen LogP contribution in [-0.2, 0) is 6.42 Å². The molecule has 2 heterocycles. The number of pyridine rings is 2. The summed E-state index contributed by atoms with van der Waals surface area (Å²) in [4.78, 5) is 8.75. The highest BCUT2D eigenvalue weighted by atomic mass is 15.0. The van der Waals surface area contributed by atoms with E-state index in [1.54, 1.807) is 6.20 Å². The summed E-state index contributed by atoms with van der Waals surface area (Å²) in [6.07, 6.45) is 4.43. The predicted molar refractivity (Wildman–Crippen MR) is 87.3 cm³/mol. The van der Waals surface area contributed by atoms with Crippen molar-refractivity contribution in [3.8, 4) is 0 Å². The molecule has 0 bridgehead atoms. The van der Waals surface area contributed by atoms with Crippen LogP contribution in [0.4, 0.5) is 11.5 Å². The van der Waals surface area contributed by atoms with Crippen LogP contribution in [0.3, 0.4) is 0 Å². The van der Waals surface area contributed by atoms with Crippen LogP contribution in [-0.4, -0.2) is 16.5 Å². The number of nitrogens with one attached hydrogen (secondary N) is 1. The van der Waals surface area contributed by atoms with E-state index in [9.17, 15) is 0 Å². The molecule has 3 rings (SSSR count). The maximum Gasteiger partial charge on any atom is 0.126 e. The lowest BCUT2D eigenvalue weighted by molar-refractivity contribution is 1.01. The molecule has 0 spiro atoms. The topological polar surface area (TPSA) is 63.8 Å². The van der Waals surface area contributed by atoms with Gasteiger partial charge in [0.05, 0.1) is 17.4 Å². The lowest BCUT2D eigenvalue weighted by Gasteiger charge is -2.09. The van der Waals surface area contributed by atoms with Crippen LogP contribution in [0.1, 0.15) is 11.1 Å². The first-order valence-electron chi connectivity index (χ1n) is 7.02. The molecule has 0 unspecified atom stereocenters. The van der Waals surface area contributed by atoms with Gasteiger partial charge in [-0.25, -0.2) is 4.98 Å². The molecule has 2 aromatic heterocycles. The number of fused-ring (bicyclic) bond motifs is 1. The molecular formula is C17H18N4. The Morgan fingerprint density at radius 3 is 2.86 bits per heavy atom. The maximum absolute atomic E-state index is 5.77. The number of para-hydroxylation sites is 1. The Kier molecular flexibility index (Phi) is 3.69. The zero-order valence-corrected chi connectivity index (χ0v) is 12.0. The van der Waals surface area contributed by atoms with Gasteiger partial charge in [-0.05, 0) is 36.6 Å². The molecule has 21 heavy (non-hydrogen) atoms. The summed E-state index contributed by atoms with van der Waals surface area (Å²) in [6.45, 7) is 2.79. The van der Waals surface area contributed by atoms with Crippen LogP contribution in [0.5, 0.6) is 0 Å². The quantitative estimate of drug-likeness (QED) is 0.769. The largest absolute Gasteiger partial charge is 0.397 e. The zero-order chi connectivity index (χ0) is 14.7. The second kappa shape index (κ2) is 5.79. The van der Waals surface area contributed by atoms with Crippen LogP contribution in [0.15, 0.2) is 48.8 Å². The van der Waals surface area contributed by atoms with Gasteiger partial charge < -0.3 is 11.1 Å². The monoisotopic (exact) mass is 278 g/mol. The van der Waals surface area contributed by atoms with Crippen molar-refractivity contribution in [2.24, 2.45) is 0 Å². The fourth-order valence-electron chi connectivity index (χ4n) is 2.36. The van der Waals surface area contributed by atoms with Gasteiger partial charge in [0, 0.05) is 18.1 Å². The van der Waals surface area contributed by atoms with Gasteiger partial charge in [-0.15, -0.1) is 0 Å². The smallest absolute Gasteiger partial charge is 0.126 e. The first-order valence-corrected chi connectivity index (χ1v) is 7.02. The lowest BCUT2D eigenvalue weighted by atomic mass is 10.1. The number of anilines is 2. The fraction of sp³-hybridized carbons (Fsp3) is 0.176. The number of aromatic nitrogens is 2. The highest BCUT2D eigenvalue weighted by molar-refractivity contribution is 5.81. The van der Waals surface area contributed by atoms with Crippen molar-refractivity contribution >= 4 is 22.4 Å². The van der Waals surface area contributed by atoms with E-state index < -0.39 is 0 Å². The molecule has 4 nitrogen and oxygen atoms in total. The molecule has 0 aliphatic carbocycles. The van der Waals surface area contributed by atoms with Gasteiger partial charge in [0.15, 0.2) is 0 Å². The Hall–Kier alpha value is -2.62. The SMILES string of the molecule is Cc1cc(NCCc2cccc3cccnc23)ncc1N. The number of nitrogens with zero attached hydrogens (tertiary/aromatic N) is 2. The molecule has 0 saturated heterocycles. The number of benzene rings is 1. The molecule has 0 radical (unpaired) electrons. The third-order valence-electron chi connectivity index (χ3n) is 3.57. The van der Waals surface area contributed by atoms with E-state index in [2.05, 4.69) is 39.6 Å². The number of aryl methyl sites for hydroxylation is 1. The molecule has 0 aliphatic rings. The van der Waals surface area contributed by atoms with Crippen LogP contribution in [0.2, 0.25) is 0 Å². The molecule has 0 atom stereocenters. The van der Waals surface area contributed by atoms with Crippen LogP contribution in [0, 0.1) is 6.92 Å². The zero-order valence-electron chi connectivity index (χ0n) is 12.0. The number of hydrogen-bond acceptors (Lipinski definition) is 4. The van der Waals surface area contributed by atoms with Crippen LogP contribution < -0.4 is 11.1 Å². The molecule has 1 aromatic carbocycles. The Morgan fingerprint density at radius 2 is 2.00 bits per heavy atom. The summed E-state index contributed by atoms with van der Waals surface area (Å²) < 4.78 is 0. The fourth-order valence-corrected chi connectivity index (χ4v) is 2.36. The minimum absolute atomic E-state index is 0.721. The van der Waals surface area contributed by atoms with Gasteiger partial charge in [0.1, 0.15) is 5.82 Å². The van der Waals surface area contributed by atoms with Gasteiger partial charge in [-0.1, -0.05) is 24.3 Å². The second-order valence-electron chi connectivity index (χ2n) is 5.10. The average Bonchev–Trinajstić information content (AvgIpc) is 2.51. The molecule has 4 heteroatoms. The molecule has 0 fully saturated rings. The highest BCUT2D eigenvalue weighted by Crippen LogP contribution is 2.17. The van der Waals surface area contributed by atoms with Crippen molar-refractivity contribution in [1.82, 2.24) is 9.97 Å². The van der Waals surface area contributed by atoms with Gasteiger partial charge >= 0.3 is 0 Å². The summed E-state index contributed by atoms with van der Waals surface area (Å²) in [7, 11) is 0. The normalized spacial score (nSPS) is 10.7. The maximum atomic E-state index is 5.77. The molecule has 0 saturated carbocycles. The number of hydrogen-bond donors (Lipinski definition) is 2. The van der Waals surface area contributed by atoms with E-state index in [0.29, 0.717) is 0 Å². The predicted octanol–water partition coefficient (Wildman–Crippen LogP) is 3.18. The van der Waals surface area contributed by atoms with E-state index in [-0.39, 0.29) is 0 Å². The summed E-state index contributed by atoms with van der Waals surface area (Å²) >= 11 is 0. The number of nitrogen functional groups attached to an aromatic ring is 1. The van der Waals surface area contributed by atoms with E-state index in [1.807, 2.05) is 25.3 Å².